The van der Waals surface area contributed by atoms with Crippen LogP contribution in [0.2, 0.25) is 0 Å². The number of sulfonamides is 1. The summed E-state index contributed by atoms with van der Waals surface area (Å²) in [7, 11) is -3.72. The Labute approximate surface area is 197 Å². The molecule has 172 valence electrons. The van der Waals surface area contributed by atoms with Gasteiger partial charge in [0.1, 0.15) is 0 Å². The highest BCUT2D eigenvalue weighted by Gasteiger charge is 2.28. The van der Waals surface area contributed by atoms with E-state index in [1.807, 2.05) is 36.6 Å². The van der Waals surface area contributed by atoms with Gasteiger partial charge in [-0.3, -0.25) is 14.3 Å². The highest BCUT2D eigenvalue weighted by Crippen LogP contribution is 2.23. The van der Waals surface area contributed by atoms with Crippen LogP contribution in [-0.4, -0.2) is 38.2 Å². The van der Waals surface area contributed by atoms with Crippen LogP contribution in [0, 0.1) is 12.8 Å². The van der Waals surface area contributed by atoms with E-state index in [9.17, 15) is 18.0 Å². The molecule has 9 heteroatoms. The van der Waals surface area contributed by atoms with Crippen molar-refractivity contribution in [1.29, 1.82) is 0 Å². The number of amides is 2. The Morgan fingerprint density at radius 1 is 0.939 bits per heavy atom. The summed E-state index contributed by atoms with van der Waals surface area (Å²) in [5.41, 5.74) is 2.06. The lowest BCUT2D eigenvalue weighted by Crippen LogP contribution is -2.41. The van der Waals surface area contributed by atoms with E-state index in [2.05, 4.69) is 10.0 Å². The predicted octanol–water partition coefficient (Wildman–Crippen LogP) is 4.35. The van der Waals surface area contributed by atoms with Crippen LogP contribution in [0.15, 0.2) is 70.9 Å². The maximum absolute atomic E-state index is 12.7. The van der Waals surface area contributed by atoms with Gasteiger partial charge in [0.05, 0.1) is 9.77 Å². The number of hydrogen-bond donors (Lipinski definition) is 2. The number of anilines is 2. The molecule has 0 unspecified atom stereocenters. The number of rotatable bonds is 6. The molecule has 0 aliphatic carbocycles. The zero-order chi connectivity index (χ0) is 23.4. The van der Waals surface area contributed by atoms with Crippen LogP contribution in [0.25, 0.3) is 0 Å². The van der Waals surface area contributed by atoms with Crippen LogP contribution < -0.4 is 10.0 Å². The van der Waals surface area contributed by atoms with Crippen molar-refractivity contribution in [3.05, 3.63) is 76.5 Å². The lowest BCUT2D eigenvalue weighted by molar-refractivity contribution is -0.121. The fraction of sp³-hybridized carbons (Fsp3) is 0.250. The first-order valence-electron chi connectivity index (χ1n) is 10.6. The van der Waals surface area contributed by atoms with Gasteiger partial charge in [-0.25, -0.2) is 8.42 Å². The lowest BCUT2D eigenvalue weighted by Gasteiger charge is -2.31. The molecule has 0 spiro atoms. The fourth-order valence-electron chi connectivity index (χ4n) is 3.70. The van der Waals surface area contributed by atoms with Gasteiger partial charge < -0.3 is 10.2 Å². The molecule has 1 aliphatic heterocycles. The third kappa shape index (κ3) is 5.61. The Morgan fingerprint density at radius 3 is 2.18 bits per heavy atom. The molecule has 4 rings (SSSR count). The van der Waals surface area contributed by atoms with Gasteiger partial charge in [-0.1, -0.05) is 23.8 Å². The summed E-state index contributed by atoms with van der Waals surface area (Å²) in [5.74, 6) is -0.296. The molecule has 1 aromatic heterocycles. The number of thiophene rings is 1. The van der Waals surface area contributed by atoms with E-state index in [0.717, 1.165) is 5.56 Å². The van der Waals surface area contributed by atoms with E-state index in [-0.39, 0.29) is 22.6 Å². The minimum Gasteiger partial charge on any atom is -0.338 e. The zero-order valence-electron chi connectivity index (χ0n) is 18.2. The van der Waals surface area contributed by atoms with E-state index >= 15 is 0 Å². The van der Waals surface area contributed by atoms with Crippen molar-refractivity contribution in [2.75, 3.05) is 23.1 Å². The average Bonchev–Trinajstić information content (AvgIpc) is 3.35. The number of benzene rings is 2. The van der Waals surface area contributed by atoms with Crippen LogP contribution >= 0.6 is 11.3 Å². The number of aryl methyl sites for hydroxylation is 1. The molecule has 3 aromatic rings. The smallest absolute Gasteiger partial charge is 0.263 e. The van der Waals surface area contributed by atoms with Crippen molar-refractivity contribution in [1.82, 2.24) is 4.90 Å². The van der Waals surface area contributed by atoms with E-state index < -0.39 is 10.0 Å². The summed E-state index contributed by atoms with van der Waals surface area (Å²) in [4.78, 5) is 27.7. The van der Waals surface area contributed by atoms with Crippen molar-refractivity contribution in [2.45, 2.75) is 24.7 Å². The van der Waals surface area contributed by atoms with Gasteiger partial charge in [-0.15, -0.1) is 11.3 Å². The molecule has 2 N–H and O–H groups in total. The van der Waals surface area contributed by atoms with Gasteiger partial charge >= 0.3 is 0 Å². The van der Waals surface area contributed by atoms with Crippen LogP contribution in [0.4, 0.5) is 11.4 Å². The standard InChI is InChI=1S/C24H25N3O4S2/c1-17-4-6-20(7-5-17)26-33(30,31)21-10-8-19(9-11-21)25-23(28)18-12-14-27(15-13-18)24(29)22-3-2-16-32-22/h2-11,16,18,26H,12-15H2,1H3,(H,25,28). The van der Waals surface area contributed by atoms with Crippen LogP contribution in [0.5, 0.6) is 0 Å². The van der Waals surface area contributed by atoms with Crippen LogP contribution in [-0.2, 0) is 14.8 Å². The van der Waals surface area contributed by atoms with Gasteiger partial charge in [-0.05, 0) is 67.6 Å². The lowest BCUT2D eigenvalue weighted by atomic mass is 9.95. The largest absolute Gasteiger partial charge is 0.338 e. The molecule has 0 bridgehead atoms. The average molecular weight is 484 g/mol. The normalized spacial score (nSPS) is 14.6. The molecular weight excluding hydrogens is 458 g/mol. The molecule has 1 fully saturated rings. The Kier molecular flexibility index (Phi) is 6.80. The Bertz CT molecular complexity index is 1210. The minimum absolute atomic E-state index is 0.0138. The van der Waals surface area contributed by atoms with E-state index in [1.165, 1.54) is 23.5 Å². The number of carbonyl (C=O) groups excluding carboxylic acids is 2. The quantitative estimate of drug-likeness (QED) is 0.545. The second kappa shape index (κ2) is 9.76. The molecule has 7 nitrogen and oxygen atoms in total. The molecular formula is C24H25N3O4S2. The number of nitrogens with zero attached hydrogens (tertiary/aromatic N) is 1. The van der Waals surface area contributed by atoms with E-state index in [1.54, 1.807) is 29.2 Å². The molecule has 2 heterocycles. The summed E-state index contributed by atoms with van der Waals surface area (Å²) < 4.78 is 27.8. The van der Waals surface area contributed by atoms with Crippen molar-refractivity contribution < 1.29 is 18.0 Å². The van der Waals surface area contributed by atoms with Gasteiger partial charge in [0.2, 0.25) is 5.91 Å². The number of likely N-dealkylation sites (tertiary alicyclic amines) is 1. The summed E-state index contributed by atoms with van der Waals surface area (Å²) in [6.07, 6.45) is 1.19. The van der Waals surface area contributed by atoms with Crippen molar-refractivity contribution in [2.24, 2.45) is 5.92 Å². The molecule has 2 amide bonds. The van der Waals surface area contributed by atoms with Crippen molar-refractivity contribution in [3.63, 3.8) is 0 Å². The SMILES string of the molecule is Cc1ccc(NS(=O)(=O)c2ccc(NC(=O)C3CCN(C(=O)c4cccs4)CC3)cc2)cc1. The van der Waals surface area contributed by atoms with Gasteiger partial charge in [-0.2, -0.15) is 0 Å². The fourth-order valence-corrected chi connectivity index (χ4v) is 5.45. The van der Waals surface area contributed by atoms with Gasteiger partial charge in [0.15, 0.2) is 0 Å². The third-order valence-electron chi connectivity index (χ3n) is 5.62. The molecule has 0 saturated carbocycles. The van der Waals surface area contributed by atoms with E-state index in [0.29, 0.717) is 42.2 Å². The minimum atomic E-state index is -3.72. The molecule has 0 atom stereocenters. The number of hydrogen-bond acceptors (Lipinski definition) is 5. The topological polar surface area (TPSA) is 95.6 Å². The Hall–Kier alpha value is -3.17. The highest BCUT2D eigenvalue weighted by molar-refractivity contribution is 7.92. The Morgan fingerprint density at radius 2 is 1.58 bits per heavy atom. The summed E-state index contributed by atoms with van der Waals surface area (Å²) in [5, 5.41) is 4.74. The predicted molar refractivity (Wildman–Crippen MR) is 130 cm³/mol. The Balaban J connectivity index is 1.32. The number of piperidine rings is 1. The van der Waals surface area contributed by atoms with Gasteiger partial charge in [0.25, 0.3) is 15.9 Å². The summed E-state index contributed by atoms with van der Waals surface area (Å²) in [6.45, 7) is 3.01. The van der Waals surface area contributed by atoms with Crippen LogP contribution in [0.3, 0.4) is 0 Å². The third-order valence-corrected chi connectivity index (χ3v) is 7.88. The van der Waals surface area contributed by atoms with Crippen LogP contribution in [0.1, 0.15) is 28.1 Å². The number of nitrogens with one attached hydrogen (secondary N) is 2. The molecule has 0 radical (unpaired) electrons. The van der Waals surface area contributed by atoms with Crippen molar-refractivity contribution >= 4 is 44.5 Å². The summed E-state index contributed by atoms with van der Waals surface area (Å²) >= 11 is 1.42. The second-order valence-corrected chi connectivity index (χ2v) is 10.7. The number of carbonyl (C=O) groups is 2. The second-order valence-electron chi connectivity index (χ2n) is 8.03. The first-order chi connectivity index (χ1) is 15.8. The maximum Gasteiger partial charge on any atom is 0.263 e. The van der Waals surface area contributed by atoms with Crippen molar-refractivity contribution in [3.8, 4) is 0 Å². The summed E-state index contributed by atoms with van der Waals surface area (Å²) in [6, 6.07) is 16.8. The molecule has 1 saturated heterocycles. The first-order valence-corrected chi connectivity index (χ1v) is 13.0. The maximum atomic E-state index is 12.7. The van der Waals surface area contributed by atoms with Gasteiger partial charge in [0, 0.05) is 30.4 Å². The molecule has 33 heavy (non-hydrogen) atoms. The zero-order valence-corrected chi connectivity index (χ0v) is 19.8. The van der Waals surface area contributed by atoms with E-state index in [4.69, 9.17) is 0 Å². The first kappa shape index (κ1) is 23.0. The monoisotopic (exact) mass is 483 g/mol. The molecule has 1 aliphatic rings. The highest BCUT2D eigenvalue weighted by atomic mass is 32.2. The molecule has 2 aromatic carbocycles.